The van der Waals surface area contributed by atoms with Crippen molar-refractivity contribution in [3.05, 3.63) is 95.1 Å². The van der Waals surface area contributed by atoms with E-state index in [0.29, 0.717) is 0 Å². The molecule has 4 aromatic carbocycles. The van der Waals surface area contributed by atoms with Gasteiger partial charge in [-0.2, -0.15) is 0 Å². The van der Waals surface area contributed by atoms with E-state index in [-0.39, 0.29) is 113 Å². The average molecular weight is 683 g/mol. The van der Waals surface area contributed by atoms with E-state index in [1.807, 2.05) is 0 Å². The molecule has 2 aliphatic rings. The molecule has 2 N–H and O–H groups in total. The second kappa shape index (κ2) is 10.7. The second-order valence-electron chi connectivity index (χ2n) is 10.9. The van der Waals surface area contributed by atoms with Crippen molar-refractivity contribution in [1.29, 1.82) is 0 Å². The first kappa shape index (κ1) is 30.8. The number of halogens is 8. The Bertz CT molecular complexity index is 2430. The summed E-state index contributed by atoms with van der Waals surface area (Å²) >= 11 is 0. The van der Waals surface area contributed by atoms with Gasteiger partial charge in [0.1, 0.15) is 5.82 Å². The molecule has 8 nitrogen and oxygen atoms in total. The van der Waals surface area contributed by atoms with Gasteiger partial charge in [0.15, 0.2) is 63.5 Å². The zero-order valence-electron chi connectivity index (χ0n) is 24.0. The number of H-pyrrole nitrogens is 2. The van der Waals surface area contributed by atoms with Crippen molar-refractivity contribution in [3.8, 4) is 45.6 Å². The number of rotatable bonds is 0. The molecule has 0 saturated heterocycles. The number of fused-ring (bicyclic) bond motifs is 20. The zero-order valence-corrected chi connectivity index (χ0v) is 25.4. The van der Waals surface area contributed by atoms with Gasteiger partial charge in [-0.15, -0.1) is 0 Å². The predicted molar refractivity (Wildman–Crippen MR) is 157 cm³/mol. The van der Waals surface area contributed by atoms with Crippen LogP contribution in [0.4, 0.5) is 35.1 Å². The minimum Gasteiger partial charge on any atom is -0.331 e. The summed E-state index contributed by atoms with van der Waals surface area (Å²) in [5.41, 5.74) is -0.970. The maximum atomic E-state index is 14.5. The van der Waals surface area contributed by atoms with Crippen molar-refractivity contribution in [2.45, 2.75) is 0 Å². The van der Waals surface area contributed by atoms with Gasteiger partial charge in [0.05, 0.1) is 16.7 Å². The molecular weight excluding hydrogens is 673 g/mol. The third-order valence-electron chi connectivity index (χ3n) is 7.99. The molecule has 0 fully saturated rings. The van der Waals surface area contributed by atoms with Gasteiger partial charge in [-0.3, -0.25) is 9.97 Å². The monoisotopic (exact) mass is 682 g/mol. The van der Waals surface area contributed by atoms with Crippen LogP contribution < -0.4 is 19.9 Å². The normalized spacial score (nSPS) is 11.9. The van der Waals surface area contributed by atoms with Crippen LogP contribution in [0.2, 0.25) is 0 Å². The SMILES string of the molecule is Fc1cc2c(cc1F)-c1nc3[n-]c(nc4[nH+]c(nc5[n-]c(nc-2[nH+]1)c1cc(F)c(F)cc51)-c1cc(F)c(F)cc1-4)c1cc(F)c(F)cc31.[Mg+2]. The third-order valence-corrected chi connectivity index (χ3v) is 7.99. The minimum absolute atomic E-state index is 0. The molecule has 0 radical (unpaired) electrons. The largest absolute Gasteiger partial charge is 2.00 e. The first-order valence-electron chi connectivity index (χ1n) is 13.8. The topological polar surface area (TPSA) is 108 Å². The molecule has 0 aliphatic carbocycles. The van der Waals surface area contributed by atoms with Gasteiger partial charge in [0, 0.05) is 32.8 Å². The summed E-state index contributed by atoms with van der Waals surface area (Å²) in [6.07, 6.45) is 0. The van der Waals surface area contributed by atoms with Crippen LogP contribution in [0, 0.1) is 46.5 Å². The van der Waals surface area contributed by atoms with Gasteiger partial charge in [0.25, 0.3) is 17.5 Å². The molecule has 9 rings (SSSR count). The molecular formula is C32H10F8MgN8+2. The van der Waals surface area contributed by atoms with Crippen LogP contribution in [0.1, 0.15) is 0 Å². The summed E-state index contributed by atoms with van der Waals surface area (Å²) in [5.74, 6) is -10.5. The Hall–Kier alpha value is -5.55. The fourth-order valence-corrected chi connectivity index (χ4v) is 5.76. The molecule has 49 heavy (non-hydrogen) atoms. The summed E-state index contributed by atoms with van der Waals surface area (Å²) in [6, 6.07) is 6.59. The Morgan fingerprint density at radius 3 is 0.776 bits per heavy atom. The van der Waals surface area contributed by atoms with Crippen LogP contribution in [0.15, 0.2) is 48.5 Å². The molecule has 17 heteroatoms. The summed E-state index contributed by atoms with van der Waals surface area (Å²) in [5, 5.41) is -0.151. The Morgan fingerprint density at radius 1 is 0.347 bits per heavy atom. The first-order chi connectivity index (χ1) is 23.0. The van der Waals surface area contributed by atoms with Crippen LogP contribution in [-0.2, 0) is 0 Å². The minimum atomic E-state index is -1.25. The van der Waals surface area contributed by atoms with Crippen LogP contribution >= 0.6 is 0 Å². The van der Waals surface area contributed by atoms with Crippen LogP contribution in [-0.4, -0.2) is 43.0 Å². The number of nitrogens with zero attached hydrogens (tertiary/aromatic N) is 6. The number of benzene rings is 4. The van der Waals surface area contributed by atoms with Gasteiger partial charge in [-0.25, -0.2) is 40.1 Å². The summed E-state index contributed by atoms with van der Waals surface area (Å²) in [7, 11) is 0. The van der Waals surface area contributed by atoms with E-state index < -0.39 is 46.5 Å². The van der Waals surface area contributed by atoms with E-state index in [9.17, 15) is 35.1 Å². The molecule has 0 atom stereocenters. The molecule has 2 aliphatic heterocycles. The van der Waals surface area contributed by atoms with E-state index in [0.717, 1.165) is 48.5 Å². The molecule has 0 saturated carbocycles. The van der Waals surface area contributed by atoms with E-state index in [1.54, 1.807) is 0 Å². The Balaban J connectivity index is 0.00000348. The average Bonchev–Trinajstić information content (AvgIpc) is 3.74. The summed E-state index contributed by atoms with van der Waals surface area (Å²) < 4.78 is 116. The number of aromatic nitrogens is 8. The van der Waals surface area contributed by atoms with E-state index in [4.69, 9.17) is 0 Å². The Labute approximate surface area is 282 Å². The summed E-state index contributed by atoms with van der Waals surface area (Å²) in [6.45, 7) is 0. The van der Waals surface area contributed by atoms with E-state index in [1.165, 1.54) is 0 Å². The maximum Gasteiger partial charge on any atom is 2.00 e. The smallest absolute Gasteiger partial charge is 0.331 e. The van der Waals surface area contributed by atoms with Gasteiger partial charge >= 0.3 is 23.1 Å². The van der Waals surface area contributed by atoms with Crippen LogP contribution in [0.25, 0.3) is 89.7 Å². The van der Waals surface area contributed by atoms with Crippen molar-refractivity contribution in [2.24, 2.45) is 0 Å². The number of hydrogen-bond acceptors (Lipinski definition) is 4. The van der Waals surface area contributed by atoms with Gasteiger partial charge in [-0.05, 0) is 48.5 Å². The van der Waals surface area contributed by atoms with Gasteiger partial charge in [0.2, 0.25) is 0 Å². The molecule has 0 spiro atoms. The Morgan fingerprint density at radius 2 is 0.551 bits per heavy atom. The molecule has 5 heterocycles. The maximum absolute atomic E-state index is 14.5. The van der Waals surface area contributed by atoms with Gasteiger partial charge < -0.3 is 9.97 Å². The number of nitrogens with one attached hydrogen (secondary N) is 2. The van der Waals surface area contributed by atoms with Crippen LogP contribution in [0.3, 0.4) is 0 Å². The third kappa shape index (κ3) is 4.63. The molecule has 234 valence electrons. The fourth-order valence-electron chi connectivity index (χ4n) is 5.76. The quantitative estimate of drug-likeness (QED) is 0.150. The molecule has 7 aromatic rings. The zero-order chi connectivity index (χ0) is 33.2. The predicted octanol–water partition coefficient (Wildman–Crippen LogP) is 5.70. The number of hydrogen-bond donors (Lipinski definition) is 0. The van der Waals surface area contributed by atoms with Crippen molar-refractivity contribution >= 4 is 67.2 Å². The summed E-state index contributed by atoms with van der Waals surface area (Å²) in [4.78, 5) is 31.9. The van der Waals surface area contributed by atoms with Crippen molar-refractivity contribution in [3.63, 3.8) is 0 Å². The Kier molecular flexibility index (Phi) is 6.73. The van der Waals surface area contributed by atoms with Crippen molar-refractivity contribution < 1.29 is 45.1 Å². The standard InChI is InChI=1S/C32H8F8N8.Mg/c33-17-1-9-10(2-18(17)34)26-41-25(9)45-27-11-3-19(35)20(36)4-12(11)29(42-27)47-31-15-7-23(39)24(40)8-16(15)32(44-31)48-30-14-6-22(38)21(37)5-13(14)28(43-30)46-26;/h1-8H;/q-2;+2/p+2. The fraction of sp³-hybridized carbons (Fsp3) is 0. The second-order valence-corrected chi connectivity index (χ2v) is 10.9. The van der Waals surface area contributed by atoms with Gasteiger partial charge in [-0.1, -0.05) is 15.0 Å². The van der Waals surface area contributed by atoms with Crippen molar-refractivity contribution in [1.82, 2.24) is 29.9 Å². The van der Waals surface area contributed by atoms with E-state index >= 15 is 0 Å². The van der Waals surface area contributed by atoms with Crippen molar-refractivity contribution in [2.75, 3.05) is 0 Å². The molecule has 3 aromatic heterocycles. The first-order valence-corrected chi connectivity index (χ1v) is 13.8. The molecule has 0 amide bonds. The molecule has 8 bridgehead atoms. The van der Waals surface area contributed by atoms with Crippen LogP contribution in [0.5, 0.6) is 0 Å². The number of aromatic amines is 2. The van der Waals surface area contributed by atoms with E-state index in [2.05, 4.69) is 39.9 Å². The molecule has 0 unspecified atom stereocenters.